The lowest BCUT2D eigenvalue weighted by molar-refractivity contribution is -0.135. The van der Waals surface area contributed by atoms with Crippen molar-refractivity contribution >= 4 is 5.91 Å². The predicted molar refractivity (Wildman–Crippen MR) is 80.0 cm³/mol. The van der Waals surface area contributed by atoms with E-state index in [1.165, 1.54) is 17.0 Å². The van der Waals surface area contributed by atoms with Gasteiger partial charge < -0.3 is 9.64 Å². The van der Waals surface area contributed by atoms with Gasteiger partial charge in [-0.15, -0.1) is 0 Å². The summed E-state index contributed by atoms with van der Waals surface area (Å²) in [6.07, 6.45) is 2.99. The Kier molecular flexibility index (Phi) is 4.02. The van der Waals surface area contributed by atoms with Gasteiger partial charge in [-0.3, -0.25) is 9.48 Å². The first-order valence-electron chi connectivity index (χ1n) is 7.99. The van der Waals surface area contributed by atoms with Gasteiger partial charge in [0.15, 0.2) is 0 Å². The summed E-state index contributed by atoms with van der Waals surface area (Å²) in [5.74, 6) is 0.843. The summed E-state index contributed by atoms with van der Waals surface area (Å²) in [5, 5.41) is 4.75. The summed E-state index contributed by atoms with van der Waals surface area (Å²) in [4.78, 5) is 14.1. The van der Waals surface area contributed by atoms with Gasteiger partial charge in [0.25, 0.3) is 0 Å². The first kappa shape index (κ1) is 14.6. The summed E-state index contributed by atoms with van der Waals surface area (Å²) in [6.45, 7) is 7.15. The number of likely N-dealkylation sites (tertiary alicyclic amines) is 1. The quantitative estimate of drug-likeness (QED) is 0.835. The van der Waals surface area contributed by atoms with Crippen LogP contribution in [0.1, 0.15) is 49.6 Å². The lowest BCUT2D eigenvalue weighted by atomic mass is 9.90. The molecule has 5 heteroatoms. The van der Waals surface area contributed by atoms with E-state index in [1.807, 2.05) is 30.5 Å². The van der Waals surface area contributed by atoms with Crippen LogP contribution in [0.2, 0.25) is 0 Å². The third kappa shape index (κ3) is 2.71. The maximum atomic E-state index is 12.1. The van der Waals surface area contributed by atoms with Crippen LogP contribution in [0, 0.1) is 5.92 Å². The SMILES string of the molecule is CC(C)C(=O)N1CCC(c2nn(C)c3c2COCC3)CC1. The zero-order valence-electron chi connectivity index (χ0n) is 13.3. The molecule has 0 aromatic carbocycles. The van der Waals surface area contributed by atoms with Gasteiger partial charge in [0, 0.05) is 49.7 Å². The molecule has 1 aromatic heterocycles. The normalized spacial score (nSPS) is 19.9. The second kappa shape index (κ2) is 5.79. The fraction of sp³-hybridized carbons (Fsp3) is 0.750. The molecule has 1 saturated heterocycles. The average molecular weight is 291 g/mol. The van der Waals surface area contributed by atoms with Crippen LogP contribution in [-0.2, 0) is 29.6 Å². The Morgan fingerprint density at radius 3 is 2.71 bits per heavy atom. The van der Waals surface area contributed by atoms with Crippen molar-refractivity contribution in [3.05, 3.63) is 17.0 Å². The number of amides is 1. The van der Waals surface area contributed by atoms with E-state index in [4.69, 9.17) is 9.84 Å². The summed E-state index contributed by atoms with van der Waals surface area (Å²) in [7, 11) is 2.03. The first-order chi connectivity index (χ1) is 10.1. The molecule has 3 rings (SSSR count). The Bertz CT molecular complexity index is 528. The van der Waals surface area contributed by atoms with Gasteiger partial charge in [-0.05, 0) is 12.8 Å². The van der Waals surface area contributed by atoms with Gasteiger partial charge >= 0.3 is 0 Å². The van der Waals surface area contributed by atoms with Gasteiger partial charge in [-0.1, -0.05) is 13.8 Å². The zero-order chi connectivity index (χ0) is 15.0. The molecule has 3 heterocycles. The van der Waals surface area contributed by atoms with Gasteiger partial charge in [-0.2, -0.15) is 5.10 Å². The van der Waals surface area contributed by atoms with Crippen LogP contribution in [-0.4, -0.2) is 40.3 Å². The third-order valence-corrected chi connectivity index (χ3v) is 4.72. The number of nitrogens with zero attached hydrogens (tertiary/aromatic N) is 3. The van der Waals surface area contributed by atoms with E-state index in [1.54, 1.807) is 0 Å². The van der Waals surface area contributed by atoms with E-state index in [0.717, 1.165) is 39.0 Å². The van der Waals surface area contributed by atoms with E-state index < -0.39 is 0 Å². The van der Waals surface area contributed by atoms with E-state index in [0.29, 0.717) is 12.5 Å². The molecule has 1 amide bonds. The van der Waals surface area contributed by atoms with Gasteiger partial charge in [-0.25, -0.2) is 0 Å². The van der Waals surface area contributed by atoms with E-state index in [2.05, 4.69) is 0 Å². The number of aryl methyl sites for hydroxylation is 1. The second-order valence-electron chi connectivity index (χ2n) is 6.49. The van der Waals surface area contributed by atoms with E-state index >= 15 is 0 Å². The predicted octanol–water partition coefficient (Wildman–Crippen LogP) is 1.85. The first-order valence-corrected chi connectivity index (χ1v) is 7.99. The van der Waals surface area contributed by atoms with Crippen molar-refractivity contribution in [1.29, 1.82) is 0 Å². The smallest absolute Gasteiger partial charge is 0.225 e. The number of piperidine rings is 1. The standard InChI is InChI=1S/C16H25N3O2/c1-11(2)16(20)19-7-4-12(5-8-19)15-13-10-21-9-6-14(13)18(3)17-15/h11-12H,4-10H2,1-3H3. The highest BCUT2D eigenvalue weighted by Crippen LogP contribution is 2.33. The average Bonchev–Trinajstić information content (AvgIpc) is 2.84. The Morgan fingerprint density at radius 1 is 1.33 bits per heavy atom. The molecule has 5 nitrogen and oxygen atoms in total. The zero-order valence-corrected chi connectivity index (χ0v) is 13.3. The van der Waals surface area contributed by atoms with Crippen LogP contribution >= 0.6 is 0 Å². The Hall–Kier alpha value is -1.36. The number of hydrogen-bond acceptors (Lipinski definition) is 3. The maximum absolute atomic E-state index is 12.1. The molecule has 116 valence electrons. The highest BCUT2D eigenvalue weighted by Gasteiger charge is 2.30. The minimum atomic E-state index is 0.0950. The van der Waals surface area contributed by atoms with Gasteiger partial charge in [0.05, 0.1) is 18.9 Å². The molecule has 2 aliphatic rings. The van der Waals surface area contributed by atoms with Crippen molar-refractivity contribution in [2.45, 2.75) is 45.6 Å². The molecule has 0 bridgehead atoms. The molecule has 0 saturated carbocycles. The highest BCUT2D eigenvalue weighted by molar-refractivity contribution is 5.78. The van der Waals surface area contributed by atoms with Crippen LogP contribution in [0.5, 0.6) is 0 Å². The molecule has 0 radical (unpaired) electrons. The fourth-order valence-electron chi connectivity index (χ4n) is 3.50. The molecule has 0 N–H and O–H groups in total. The van der Waals surface area contributed by atoms with Crippen molar-refractivity contribution in [3.63, 3.8) is 0 Å². The van der Waals surface area contributed by atoms with Crippen LogP contribution < -0.4 is 0 Å². The van der Waals surface area contributed by atoms with Crippen LogP contribution in [0.15, 0.2) is 0 Å². The monoisotopic (exact) mass is 291 g/mol. The summed E-state index contributed by atoms with van der Waals surface area (Å²) >= 11 is 0. The minimum absolute atomic E-state index is 0.0950. The Balaban J connectivity index is 1.72. The topological polar surface area (TPSA) is 47.4 Å². The molecule has 21 heavy (non-hydrogen) atoms. The number of rotatable bonds is 2. The summed E-state index contributed by atoms with van der Waals surface area (Å²) in [5.41, 5.74) is 3.85. The Labute approximate surface area is 126 Å². The third-order valence-electron chi connectivity index (χ3n) is 4.72. The van der Waals surface area contributed by atoms with Gasteiger partial charge in [0.2, 0.25) is 5.91 Å². The molecule has 0 aliphatic carbocycles. The highest BCUT2D eigenvalue weighted by atomic mass is 16.5. The number of carbonyl (C=O) groups is 1. The summed E-state index contributed by atoms with van der Waals surface area (Å²) < 4.78 is 7.64. The van der Waals surface area contributed by atoms with Crippen molar-refractivity contribution < 1.29 is 9.53 Å². The molecule has 1 aromatic rings. The van der Waals surface area contributed by atoms with E-state index in [9.17, 15) is 4.79 Å². The van der Waals surface area contributed by atoms with Crippen molar-refractivity contribution in [3.8, 4) is 0 Å². The van der Waals surface area contributed by atoms with Gasteiger partial charge in [0.1, 0.15) is 0 Å². The molecule has 1 fully saturated rings. The Morgan fingerprint density at radius 2 is 2.05 bits per heavy atom. The minimum Gasteiger partial charge on any atom is -0.376 e. The maximum Gasteiger partial charge on any atom is 0.225 e. The van der Waals surface area contributed by atoms with Crippen LogP contribution in [0.3, 0.4) is 0 Å². The molecule has 0 spiro atoms. The molecule has 2 aliphatic heterocycles. The second-order valence-corrected chi connectivity index (χ2v) is 6.49. The van der Waals surface area contributed by atoms with Crippen molar-refractivity contribution in [2.24, 2.45) is 13.0 Å². The molecule has 0 unspecified atom stereocenters. The number of carbonyl (C=O) groups excluding carboxylic acids is 1. The van der Waals surface area contributed by atoms with Crippen molar-refractivity contribution in [1.82, 2.24) is 14.7 Å². The van der Waals surface area contributed by atoms with Crippen LogP contribution in [0.25, 0.3) is 0 Å². The van der Waals surface area contributed by atoms with Crippen molar-refractivity contribution in [2.75, 3.05) is 19.7 Å². The number of ether oxygens (including phenoxy) is 1. The molecular weight excluding hydrogens is 266 g/mol. The molecular formula is C16H25N3O2. The lowest BCUT2D eigenvalue weighted by Gasteiger charge is -2.33. The van der Waals surface area contributed by atoms with E-state index in [-0.39, 0.29) is 11.8 Å². The van der Waals surface area contributed by atoms with Crippen LogP contribution in [0.4, 0.5) is 0 Å². The number of aromatic nitrogens is 2. The fourth-order valence-corrected chi connectivity index (χ4v) is 3.50. The summed E-state index contributed by atoms with van der Waals surface area (Å²) in [6, 6.07) is 0. The number of hydrogen-bond donors (Lipinski definition) is 0. The molecule has 0 atom stereocenters. The lowest BCUT2D eigenvalue weighted by Crippen LogP contribution is -2.40. The largest absolute Gasteiger partial charge is 0.376 e. The number of fused-ring (bicyclic) bond motifs is 1.